The van der Waals surface area contributed by atoms with Crippen molar-refractivity contribution in [3.8, 4) is 0 Å². The maximum absolute atomic E-state index is 13.6. The summed E-state index contributed by atoms with van der Waals surface area (Å²) in [5.74, 6) is -0.815. The molecule has 1 amide bonds. The molecular formula is C24H22ClFN2O3. The van der Waals surface area contributed by atoms with Crippen LogP contribution in [0.2, 0.25) is 0 Å². The zero-order valence-electron chi connectivity index (χ0n) is 17.0. The van der Waals surface area contributed by atoms with Crippen molar-refractivity contribution in [2.45, 2.75) is 43.8 Å². The van der Waals surface area contributed by atoms with Gasteiger partial charge in [0.25, 0.3) is 5.91 Å². The first-order valence-electron chi connectivity index (χ1n) is 10.5. The minimum atomic E-state index is -0.634. The molecule has 7 heteroatoms. The van der Waals surface area contributed by atoms with Gasteiger partial charge in [-0.15, -0.1) is 11.6 Å². The van der Waals surface area contributed by atoms with Gasteiger partial charge < -0.3 is 9.64 Å². The molecule has 2 aliphatic heterocycles. The maximum atomic E-state index is 13.6. The number of ether oxygens (including phenoxy) is 1. The Bertz CT molecular complexity index is 1060. The highest BCUT2D eigenvalue weighted by Crippen LogP contribution is 2.48. The van der Waals surface area contributed by atoms with E-state index in [1.807, 2.05) is 13.0 Å². The maximum Gasteiger partial charge on any atom is 0.290 e. The quantitative estimate of drug-likeness (QED) is 0.672. The van der Waals surface area contributed by atoms with Gasteiger partial charge in [0.05, 0.1) is 17.5 Å². The van der Waals surface area contributed by atoms with Gasteiger partial charge in [-0.05, 0) is 48.1 Å². The Morgan fingerprint density at radius 2 is 1.97 bits per heavy atom. The van der Waals surface area contributed by atoms with Crippen molar-refractivity contribution in [3.63, 3.8) is 0 Å². The number of carbonyl (C=O) groups excluding carboxylic acids is 2. The van der Waals surface area contributed by atoms with Crippen LogP contribution < -0.4 is 0 Å². The number of aromatic nitrogens is 1. The molecule has 1 aromatic carbocycles. The summed E-state index contributed by atoms with van der Waals surface area (Å²) in [6, 6.07) is 8.96. The van der Waals surface area contributed by atoms with Crippen LogP contribution in [0.5, 0.6) is 0 Å². The standard InChI is InChI=1S/C24H22ClFN2O3/c1-13-9-19-17(10-18(13)25)22(29)20-21(15-4-6-16(26)7-5-15)28(24(30)23(20)31-19)12-14-3-2-8-27-11-14/h2-8,11,13,17-19,21H,9-10,12H2,1H3. The second-order valence-corrected chi connectivity index (χ2v) is 9.14. The van der Waals surface area contributed by atoms with Crippen molar-refractivity contribution in [3.05, 3.63) is 77.1 Å². The predicted octanol–water partition coefficient (Wildman–Crippen LogP) is 4.18. The summed E-state index contributed by atoms with van der Waals surface area (Å²) in [7, 11) is 0. The van der Waals surface area contributed by atoms with Gasteiger partial charge in [-0.1, -0.05) is 25.1 Å². The summed E-state index contributed by atoms with van der Waals surface area (Å²) < 4.78 is 19.8. The molecule has 1 aliphatic carbocycles. The van der Waals surface area contributed by atoms with Gasteiger partial charge in [-0.3, -0.25) is 14.6 Å². The molecule has 0 N–H and O–H groups in total. The molecule has 3 heterocycles. The summed E-state index contributed by atoms with van der Waals surface area (Å²) in [5.41, 5.74) is 1.87. The van der Waals surface area contributed by atoms with Gasteiger partial charge in [0, 0.05) is 24.3 Å². The number of alkyl halides is 1. The van der Waals surface area contributed by atoms with E-state index < -0.39 is 6.04 Å². The zero-order chi connectivity index (χ0) is 21.7. The van der Waals surface area contributed by atoms with Gasteiger partial charge in [0.1, 0.15) is 11.9 Å². The smallest absolute Gasteiger partial charge is 0.290 e. The first-order valence-corrected chi connectivity index (χ1v) is 10.9. The van der Waals surface area contributed by atoms with E-state index in [1.165, 1.54) is 12.1 Å². The van der Waals surface area contributed by atoms with Crippen molar-refractivity contribution >= 4 is 23.3 Å². The lowest BCUT2D eigenvalue weighted by molar-refractivity contribution is -0.136. The van der Waals surface area contributed by atoms with Crippen LogP contribution in [0.25, 0.3) is 0 Å². The second-order valence-electron chi connectivity index (χ2n) is 8.58. The SMILES string of the molecule is CC1CC2OC3=C(C(=O)C2CC1Cl)C(c1ccc(F)cc1)N(Cc1cccnc1)C3=O. The number of hydrogen-bond donors (Lipinski definition) is 0. The average Bonchev–Trinajstić information content (AvgIpc) is 3.03. The number of carbonyl (C=O) groups is 2. The van der Waals surface area contributed by atoms with Crippen LogP contribution in [0.1, 0.15) is 36.9 Å². The molecule has 3 aliphatic rings. The number of rotatable bonds is 3. The fraction of sp³-hybridized carbons (Fsp3) is 0.375. The lowest BCUT2D eigenvalue weighted by Crippen LogP contribution is -2.44. The van der Waals surface area contributed by atoms with E-state index in [4.69, 9.17) is 16.3 Å². The van der Waals surface area contributed by atoms with E-state index in [2.05, 4.69) is 4.98 Å². The van der Waals surface area contributed by atoms with Crippen LogP contribution in [0.3, 0.4) is 0 Å². The lowest BCUT2D eigenvalue weighted by atomic mass is 9.74. The molecule has 0 bridgehead atoms. The molecule has 1 aromatic heterocycles. The van der Waals surface area contributed by atoms with Crippen LogP contribution in [0.4, 0.5) is 4.39 Å². The van der Waals surface area contributed by atoms with E-state index in [0.29, 0.717) is 24.0 Å². The normalized spacial score (nSPS) is 30.2. The minimum absolute atomic E-state index is 0.0832. The number of benzene rings is 1. The van der Waals surface area contributed by atoms with Gasteiger partial charge in [-0.2, -0.15) is 0 Å². The van der Waals surface area contributed by atoms with E-state index in [9.17, 15) is 14.0 Å². The largest absolute Gasteiger partial charge is 0.483 e. The molecular weight excluding hydrogens is 419 g/mol. The molecule has 0 saturated heterocycles. The number of hydrogen-bond acceptors (Lipinski definition) is 4. The summed E-state index contributed by atoms with van der Waals surface area (Å²) in [5, 5.41) is -0.108. The minimum Gasteiger partial charge on any atom is -0.483 e. The molecule has 5 unspecified atom stereocenters. The average molecular weight is 441 g/mol. The van der Waals surface area contributed by atoms with Crippen molar-refractivity contribution in [2.75, 3.05) is 0 Å². The Balaban J connectivity index is 1.57. The molecule has 0 spiro atoms. The van der Waals surface area contributed by atoms with Crippen LogP contribution in [0.15, 0.2) is 60.1 Å². The van der Waals surface area contributed by atoms with Gasteiger partial charge in [0.15, 0.2) is 11.5 Å². The predicted molar refractivity (Wildman–Crippen MR) is 112 cm³/mol. The first kappa shape index (κ1) is 20.2. The van der Waals surface area contributed by atoms with Crippen molar-refractivity contribution in [1.29, 1.82) is 0 Å². The van der Waals surface area contributed by atoms with Crippen molar-refractivity contribution in [1.82, 2.24) is 9.88 Å². The molecule has 31 heavy (non-hydrogen) atoms. The fourth-order valence-electron chi connectivity index (χ4n) is 4.91. The molecule has 5 atom stereocenters. The topological polar surface area (TPSA) is 59.5 Å². The Morgan fingerprint density at radius 1 is 1.19 bits per heavy atom. The molecule has 5 rings (SSSR count). The van der Waals surface area contributed by atoms with Crippen LogP contribution in [0, 0.1) is 17.7 Å². The number of halogens is 2. The molecule has 5 nitrogen and oxygen atoms in total. The third kappa shape index (κ3) is 3.43. The molecule has 0 radical (unpaired) electrons. The van der Waals surface area contributed by atoms with Gasteiger partial charge in [-0.25, -0.2) is 4.39 Å². The van der Waals surface area contributed by atoms with E-state index in [1.54, 1.807) is 35.5 Å². The van der Waals surface area contributed by atoms with E-state index in [0.717, 1.165) is 5.56 Å². The number of nitrogens with zero attached hydrogens (tertiary/aromatic N) is 2. The number of amides is 1. The number of Topliss-reactive ketones (excluding diaryl/α,β-unsaturated/α-hetero) is 1. The highest BCUT2D eigenvalue weighted by atomic mass is 35.5. The van der Waals surface area contributed by atoms with Crippen LogP contribution >= 0.6 is 11.6 Å². The Hall–Kier alpha value is -2.73. The van der Waals surface area contributed by atoms with Gasteiger partial charge in [0.2, 0.25) is 0 Å². The van der Waals surface area contributed by atoms with Crippen molar-refractivity contribution < 1.29 is 18.7 Å². The third-order valence-corrected chi connectivity index (χ3v) is 7.18. The molecule has 1 saturated carbocycles. The monoisotopic (exact) mass is 440 g/mol. The van der Waals surface area contributed by atoms with Gasteiger partial charge >= 0.3 is 0 Å². The summed E-state index contributed by atoms with van der Waals surface area (Å²) in [6.07, 6.45) is 4.17. The molecule has 160 valence electrons. The van der Waals surface area contributed by atoms with Crippen molar-refractivity contribution in [2.24, 2.45) is 11.8 Å². The number of pyridine rings is 1. The highest BCUT2D eigenvalue weighted by Gasteiger charge is 2.53. The summed E-state index contributed by atoms with van der Waals surface area (Å²) in [4.78, 5) is 32.8. The van der Waals surface area contributed by atoms with E-state index >= 15 is 0 Å². The van der Waals surface area contributed by atoms with E-state index in [-0.39, 0.29) is 53.1 Å². The molecule has 1 fully saturated rings. The third-order valence-electron chi connectivity index (χ3n) is 6.57. The Morgan fingerprint density at radius 3 is 2.68 bits per heavy atom. The van der Waals surface area contributed by atoms with Crippen LogP contribution in [-0.4, -0.2) is 33.1 Å². The number of ketones is 1. The summed E-state index contributed by atoms with van der Waals surface area (Å²) >= 11 is 6.48. The zero-order valence-corrected chi connectivity index (χ0v) is 17.8. The van der Waals surface area contributed by atoms with Crippen LogP contribution in [-0.2, 0) is 20.9 Å². The first-order chi connectivity index (χ1) is 14.9. The fourth-order valence-corrected chi connectivity index (χ4v) is 5.20. The highest BCUT2D eigenvalue weighted by molar-refractivity contribution is 6.21. The molecule has 2 aromatic rings. The summed E-state index contributed by atoms with van der Waals surface area (Å²) in [6.45, 7) is 2.31. The Kier molecular flexibility index (Phi) is 5.05. The second kappa shape index (κ2) is 7.75. The Labute approximate surface area is 184 Å². The lowest BCUT2D eigenvalue weighted by Gasteiger charge is -2.40. The number of fused-ring (bicyclic) bond motifs is 1.